The molecule has 0 radical (unpaired) electrons. The molecule has 5 aromatic carbocycles. The first kappa shape index (κ1) is 46.2. The Balaban J connectivity index is 1.27. The normalized spacial score (nSPS) is 12.2. The molecule has 0 aliphatic carbocycles. The van der Waals surface area contributed by atoms with E-state index in [1.807, 2.05) is 0 Å². The number of anilines is 2. The van der Waals surface area contributed by atoms with Gasteiger partial charge in [0.15, 0.2) is 11.6 Å². The second-order valence-electron chi connectivity index (χ2n) is 12.9. The van der Waals surface area contributed by atoms with Crippen LogP contribution in [0.1, 0.15) is 40.1 Å². The Morgan fingerprint density at radius 2 is 0.919 bits per heavy atom. The third-order valence-corrected chi connectivity index (χ3v) is 9.07. The molecule has 2 unspecified atom stereocenters. The molecule has 0 saturated carbocycles. The quantitative estimate of drug-likeness (QED) is 0.0361. The Morgan fingerprint density at radius 1 is 0.532 bits per heavy atom. The van der Waals surface area contributed by atoms with Crippen molar-refractivity contribution in [2.45, 2.75) is 32.9 Å². The number of halogens is 7. The largest absolute Gasteiger partial charge is 0.423 e. The zero-order chi connectivity index (χ0) is 45.4. The fourth-order valence-electron chi connectivity index (χ4n) is 5.13. The van der Waals surface area contributed by atoms with E-state index in [4.69, 9.17) is 44.3 Å². The summed E-state index contributed by atoms with van der Waals surface area (Å²) in [5, 5.41) is 20.1. The molecule has 318 valence electrons. The van der Waals surface area contributed by atoms with E-state index in [0.29, 0.717) is 17.7 Å². The molecule has 5 rings (SSSR count). The number of Topliss-reactive ketones (excluding diaryl/α,β-unsaturated/α-hetero) is 2. The minimum atomic E-state index is -1.76. The van der Waals surface area contributed by atoms with E-state index in [2.05, 4.69) is 31.1 Å². The number of aryl methyl sites for hydroxylation is 1. The molecule has 0 fully saturated rings. The number of hydrogen-bond acceptors (Lipinski definition) is 12. The minimum Gasteiger partial charge on any atom is -0.423 e. The Kier molecular flexibility index (Phi) is 15.0. The van der Waals surface area contributed by atoms with Crippen LogP contribution >= 0.6 is 34.8 Å². The number of ether oxygens (including phenoxy) is 2. The first-order valence-corrected chi connectivity index (χ1v) is 18.6. The highest BCUT2D eigenvalue weighted by Crippen LogP contribution is 2.32. The smallest absolute Gasteiger partial charge is 0.343 e. The van der Waals surface area contributed by atoms with Crippen LogP contribution in [0.4, 0.5) is 40.3 Å². The number of nitrogens with zero attached hydrogens (tertiary/aromatic N) is 4. The Morgan fingerprint density at radius 3 is 1.31 bits per heavy atom. The number of carbonyl (C=O) groups excluding carboxylic acids is 6. The van der Waals surface area contributed by atoms with Crippen molar-refractivity contribution < 1.29 is 55.8 Å². The van der Waals surface area contributed by atoms with Gasteiger partial charge in [-0.05, 0) is 74.9 Å². The average molecular weight is 914 g/mol. The Bertz CT molecular complexity index is 2500. The maximum Gasteiger partial charge on any atom is 0.343 e. The van der Waals surface area contributed by atoms with Gasteiger partial charge in [0, 0.05) is 42.1 Å². The number of benzene rings is 5. The van der Waals surface area contributed by atoms with Crippen molar-refractivity contribution in [1.82, 2.24) is 0 Å². The van der Waals surface area contributed by atoms with Crippen molar-refractivity contribution in [2.24, 2.45) is 20.5 Å². The summed E-state index contributed by atoms with van der Waals surface area (Å²) in [6.07, 6.45) is 0. The van der Waals surface area contributed by atoms with Crippen LogP contribution in [0.2, 0.25) is 15.1 Å². The van der Waals surface area contributed by atoms with Crippen molar-refractivity contribution in [3.63, 3.8) is 0 Å². The van der Waals surface area contributed by atoms with Crippen LogP contribution in [0.15, 0.2) is 105 Å². The van der Waals surface area contributed by atoms with Crippen LogP contribution in [0.5, 0.6) is 11.5 Å². The summed E-state index contributed by atoms with van der Waals surface area (Å²) in [6.45, 7) is 3.64. The van der Waals surface area contributed by atoms with Crippen LogP contribution in [0.3, 0.4) is 0 Å². The fraction of sp³-hybridized carbons (Fsp3) is 0.122. The van der Waals surface area contributed by atoms with Crippen LogP contribution < -0.4 is 20.1 Å². The van der Waals surface area contributed by atoms with Gasteiger partial charge >= 0.3 is 11.9 Å². The topological polar surface area (TPSA) is 194 Å². The predicted octanol–water partition coefficient (Wildman–Crippen LogP) is 10.3. The van der Waals surface area contributed by atoms with Crippen molar-refractivity contribution >= 4 is 92.9 Å². The van der Waals surface area contributed by atoms with Gasteiger partial charge in [0.1, 0.15) is 46.1 Å². The van der Waals surface area contributed by atoms with Crippen LogP contribution in [-0.2, 0) is 19.2 Å². The molecule has 0 heterocycles. The highest BCUT2D eigenvalue weighted by Gasteiger charge is 2.27. The average Bonchev–Trinajstić information content (AvgIpc) is 3.17. The molecule has 2 atom stereocenters. The second kappa shape index (κ2) is 20.1. The fourth-order valence-corrected chi connectivity index (χ4v) is 5.65. The lowest BCUT2D eigenvalue weighted by molar-refractivity contribution is -0.127. The van der Waals surface area contributed by atoms with E-state index in [9.17, 15) is 46.3 Å². The molecule has 21 heteroatoms. The number of hydrogen-bond donors (Lipinski definition) is 2. The lowest BCUT2D eigenvalue weighted by atomic mass is 10.1. The second-order valence-corrected chi connectivity index (χ2v) is 14.1. The molecule has 0 aromatic heterocycles. The zero-order valence-corrected chi connectivity index (χ0v) is 34.2. The number of azo groups is 2. The monoisotopic (exact) mass is 912 g/mol. The summed E-state index contributed by atoms with van der Waals surface area (Å²) in [5.41, 5.74) is -0.292. The number of rotatable bonds is 14. The summed E-state index contributed by atoms with van der Waals surface area (Å²) >= 11 is 18.8. The molecule has 0 spiro atoms. The number of amides is 2. The third kappa shape index (κ3) is 12.1. The summed E-state index contributed by atoms with van der Waals surface area (Å²) in [6, 6.07) is 10.6. The van der Waals surface area contributed by atoms with Gasteiger partial charge in [-0.3, -0.25) is 19.2 Å². The van der Waals surface area contributed by atoms with Crippen molar-refractivity contribution in [2.75, 3.05) is 10.6 Å². The minimum absolute atomic E-state index is 0.0245. The van der Waals surface area contributed by atoms with E-state index in [0.717, 1.165) is 50.2 Å². The van der Waals surface area contributed by atoms with Crippen molar-refractivity contribution in [3.8, 4) is 11.5 Å². The molecule has 2 amide bonds. The molecular formula is C41H27Cl3F4N6O8. The predicted molar refractivity (Wildman–Crippen MR) is 217 cm³/mol. The molecular weight excluding hydrogens is 887 g/mol. The molecule has 0 saturated heterocycles. The van der Waals surface area contributed by atoms with E-state index >= 15 is 0 Å². The van der Waals surface area contributed by atoms with Gasteiger partial charge < -0.3 is 20.1 Å². The van der Waals surface area contributed by atoms with Gasteiger partial charge in [-0.15, -0.1) is 0 Å². The lowest BCUT2D eigenvalue weighted by Crippen LogP contribution is -2.32. The summed E-state index contributed by atoms with van der Waals surface area (Å²) in [5.74, 6) is -10.3. The maximum atomic E-state index is 13.6. The number of carbonyl (C=O) groups is 6. The highest BCUT2D eigenvalue weighted by atomic mass is 35.5. The number of ketones is 2. The van der Waals surface area contributed by atoms with E-state index in [-0.39, 0.29) is 48.9 Å². The molecule has 2 N–H and O–H groups in total. The first-order valence-electron chi connectivity index (χ1n) is 17.5. The van der Waals surface area contributed by atoms with E-state index < -0.39 is 82.2 Å². The van der Waals surface area contributed by atoms with E-state index in [1.165, 1.54) is 43.3 Å². The van der Waals surface area contributed by atoms with Crippen LogP contribution in [0.25, 0.3) is 0 Å². The molecule has 0 aliphatic heterocycles. The van der Waals surface area contributed by atoms with Gasteiger partial charge in [-0.2, -0.15) is 20.5 Å². The number of nitrogens with one attached hydrogen (secondary N) is 2. The SMILES string of the molecule is CC(=O)C(N=Nc1cc(C(=O)Oc2cc(F)cc(F)c2)ccc1Cl)C(=O)Nc1cc(Cl)c(NC(=O)C(N=Nc2cc(C(=O)Oc3cc(F)cc(F)c3)ccc2Cl)C(C)=O)cc1C. The highest BCUT2D eigenvalue weighted by molar-refractivity contribution is 6.34. The molecule has 62 heavy (non-hydrogen) atoms. The molecule has 5 aromatic rings. The van der Waals surface area contributed by atoms with Gasteiger partial charge in [0.25, 0.3) is 11.8 Å². The van der Waals surface area contributed by atoms with Gasteiger partial charge in [-0.25, -0.2) is 27.2 Å². The summed E-state index contributed by atoms with van der Waals surface area (Å²) < 4.78 is 64.2. The van der Waals surface area contributed by atoms with Crippen molar-refractivity contribution in [3.05, 3.63) is 140 Å². The number of esters is 2. The molecule has 0 aliphatic rings. The third-order valence-electron chi connectivity index (χ3n) is 8.12. The van der Waals surface area contributed by atoms with Crippen LogP contribution in [0, 0.1) is 30.2 Å². The van der Waals surface area contributed by atoms with Crippen molar-refractivity contribution in [1.29, 1.82) is 0 Å². The molecule has 14 nitrogen and oxygen atoms in total. The molecule has 0 bridgehead atoms. The lowest BCUT2D eigenvalue weighted by Gasteiger charge is -2.15. The summed E-state index contributed by atoms with van der Waals surface area (Å²) in [7, 11) is 0. The Hall–Kier alpha value is -6.89. The van der Waals surface area contributed by atoms with Crippen LogP contribution in [-0.4, -0.2) is 47.4 Å². The zero-order valence-electron chi connectivity index (χ0n) is 31.9. The van der Waals surface area contributed by atoms with Gasteiger partial charge in [-0.1, -0.05) is 34.8 Å². The van der Waals surface area contributed by atoms with Gasteiger partial charge in [0.2, 0.25) is 12.1 Å². The standard InChI is InChI=1S/C41H27Cl3F4N6O8/c1-18-8-33(50-39(58)37(20(3)56)54-52-35-10-22(5-7-30(35)43)41(60)62-28-15-25(47)12-26(48)16-28)31(44)17-32(18)49-38(57)36(19(2)55)53-51-34-9-21(4-6-29(34)42)40(59)61-27-13-23(45)11-24(46)14-27/h4-17,36-37H,1-3H3,(H,49,57)(H,50,58). The Labute approximate surface area is 362 Å². The van der Waals surface area contributed by atoms with E-state index in [1.54, 1.807) is 0 Å². The first-order chi connectivity index (χ1) is 29.3. The summed E-state index contributed by atoms with van der Waals surface area (Å²) in [4.78, 5) is 76.8. The maximum absolute atomic E-state index is 13.6. The van der Waals surface area contributed by atoms with Gasteiger partial charge in [0.05, 0.1) is 31.9 Å².